The Morgan fingerprint density at radius 2 is 2.06 bits per heavy atom. The van der Waals surface area contributed by atoms with Crippen LogP contribution in [0.3, 0.4) is 0 Å². The van der Waals surface area contributed by atoms with Gasteiger partial charge in [0.1, 0.15) is 4.60 Å². The summed E-state index contributed by atoms with van der Waals surface area (Å²) in [5, 5.41) is 3.32. The van der Waals surface area contributed by atoms with E-state index in [2.05, 4.69) is 31.2 Å². The molecule has 0 amide bonds. The van der Waals surface area contributed by atoms with E-state index in [9.17, 15) is 0 Å². The van der Waals surface area contributed by atoms with Gasteiger partial charge in [0.2, 0.25) is 0 Å². The predicted molar refractivity (Wildman–Crippen MR) is 72.1 cm³/mol. The van der Waals surface area contributed by atoms with Crippen LogP contribution in [0.2, 0.25) is 0 Å². The van der Waals surface area contributed by atoms with Gasteiger partial charge in [0.25, 0.3) is 0 Å². The van der Waals surface area contributed by atoms with Crippen molar-refractivity contribution < 1.29 is 0 Å². The number of halogens is 1. The summed E-state index contributed by atoms with van der Waals surface area (Å²) >= 11 is 5.23. The second kappa shape index (κ2) is 4.65. The minimum absolute atomic E-state index is 0.778. The van der Waals surface area contributed by atoms with Crippen molar-refractivity contribution in [3.63, 3.8) is 0 Å². The fourth-order valence-electron chi connectivity index (χ4n) is 3.24. The summed E-state index contributed by atoms with van der Waals surface area (Å²) in [5.74, 6) is 0.935. The number of rotatable bonds is 2. The van der Waals surface area contributed by atoms with Crippen molar-refractivity contribution in [1.29, 1.82) is 0 Å². The molecule has 0 aromatic carbocycles. The number of hydrogen-bond donors (Lipinski definition) is 0. The molecule has 3 rings (SSSR count). The van der Waals surface area contributed by atoms with Crippen molar-refractivity contribution in [2.45, 2.75) is 44.6 Å². The van der Waals surface area contributed by atoms with Gasteiger partial charge in [0, 0.05) is 18.0 Å². The zero-order valence-electron chi connectivity index (χ0n) is 9.36. The summed E-state index contributed by atoms with van der Waals surface area (Å²) < 4.78 is 0.990. The number of thiazole rings is 1. The molecule has 0 N–H and O–H groups in total. The Kier molecular flexibility index (Phi) is 3.20. The van der Waals surface area contributed by atoms with Gasteiger partial charge >= 0.3 is 0 Å². The molecule has 1 saturated heterocycles. The third kappa shape index (κ3) is 2.02. The van der Waals surface area contributed by atoms with Gasteiger partial charge < -0.3 is 4.90 Å². The van der Waals surface area contributed by atoms with Crippen LogP contribution in [0.1, 0.15) is 38.5 Å². The summed E-state index contributed by atoms with van der Waals surface area (Å²) in [6.45, 7) is 1.21. The molecule has 88 valence electrons. The second-order valence-electron chi connectivity index (χ2n) is 4.90. The number of hydrogen-bond acceptors (Lipinski definition) is 3. The van der Waals surface area contributed by atoms with Crippen LogP contribution < -0.4 is 4.90 Å². The molecule has 1 aromatic rings. The molecule has 1 saturated carbocycles. The number of anilines is 1. The third-order valence-corrected chi connectivity index (χ3v) is 5.54. The van der Waals surface area contributed by atoms with Crippen molar-refractivity contribution in [1.82, 2.24) is 4.98 Å². The molecule has 1 aliphatic heterocycles. The molecule has 0 radical (unpaired) electrons. The first kappa shape index (κ1) is 11.0. The van der Waals surface area contributed by atoms with Gasteiger partial charge in [-0.1, -0.05) is 12.8 Å². The Bertz CT molecular complexity index is 360. The van der Waals surface area contributed by atoms with E-state index in [0.717, 1.165) is 16.6 Å². The molecular weight excluding hydrogens is 284 g/mol. The Labute approximate surface area is 109 Å². The number of aromatic nitrogens is 1. The van der Waals surface area contributed by atoms with Crippen molar-refractivity contribution in [2.75, 3.05) is 11.4 Å². The maximum Gasteiger partial charge on any atom is 0.186 e. The highest BCUT2D eigenvalue weighted by Crippen LogP contribution is 2.38. The normalized spacial score (nSPS) is 26.8. The molecule has 1 unspecified atom stereocenters. The van der Waals surface area contributed by atoms with Crippen LogP contribution in [0, 0.1) is 5.92 Å². The smallest absolute Gasteiger partial charge is 0.186 e. The minimum Gasteiger partial charge on any atom is -0.345 e. The highest BCUT2D eigenvalue weighted by atomic mass is 79.9. The summed E-state index contributed by atoms with van der Waals surface area (Å²) in [5.41, 5.74) is 0. The second-order valence-corrected chi connectivity index (χ2v) is 6.55. The Morgan fingerprint density at radius 3 is 2.75 bits per heavy atom. The fraction of sp³-hybridized carbons (Fsp3) is 0.750. The molecule has 1 atom stereocenters. The third-order valence-electron chi connectivity index (χ3n) is 3.95. The molecule has 0 spiro atoms. The van der Waals surface area contributed by atoms with E-state index >= 15 is 0 Å². The van der Waals surface area contributed by atoms with Crippen LogP contribution in [0.4, 0.5) is 5.13 Å². The summed E-state index contributed by atoms with van der Waals surface area (Å²) in [4.78, 5) is 7.14. The van der Waals surface area contributed by atoms with Crippen LogP contribution in [-0.2, 0) is 0 Å². The van der Waals surface area contributed by atoms with Crippen LogP contribution in [0.25, 0.3) is 0 Å². The van der Waals surface area contributed by atoms with E-state index in [1.54, 1.807) is 11.3 Å². The zero-order chi connectivity index (χ0) is 11.0. The average molecular weight is 301 g/mol. The molecule has 1 aliphatic carbocycles. The average Bonchev–Trinajstić information content (AvgIpc) is 2.96. The van der Waals surface area contributed by atoms with Crippen LogP contribution in [0.5, 0.6) is 0 Å². The fourth-order valence-corrected chi connectivity index (χ4v) is 4.57. The van der Waals surface area contributed by atoms with Crippen molar-refractivity contribution in [3.8, 4) is 0 Å². The van der Waals surface area contributed by atoms with E-state index in [0.29, 0.717) is 0 Å². The Balaban J connectivity index is 1.78. The maximum atomic E-state index is 4.58. The number of nitrogens with zero attached hydrogens (tertiary/aromatic N) is 2. The molecule has 0 bridgehead atoms. The summed E-state index contributed by atoms with van der Waals surface area (Å²) in [6.07, 6.45) is 8.48. The van der Waals surface area contributed by atoms with Crippen molar-refractivity contribution >= 4 is 32.4 Å². The van der Waals surface area contributed by atoms with Crippen molar-refractivity contribution in [3.05, 3.63) is 9.98 Å². The van der Waals surface area contributed by atoms with E-state index in [-0.39, 0.29) is 0 Å². The van der Waals surface area contributed by atoms with E-state index < -0.39 is 0 Å². The zero-order valence-corrected chi connectivity index (χ0v) is 11.8. The van der Waals surface area contributed by atoms with Gasteiger partial charge in [0.05, 0.1) is 0 Å². The lowest BCUT2D eigenvalue weighted by molar-refractivity contribution is 0.430. The summed E-state index contributed by atoms with van der Waals surface area (Å²) in [7, 11) is 0. The maximum absolute atomic E-state index is 4.58. The van der Waals surface area contributed by atoms with Gasteiger partial charge in [-0.15, -0.1) is 11.3 Å². The summed E-state index contributed by atoms with van der Waals surface area (Å²) in [6, 6.07) is 0.778. The first-order valence-electron chi connectivity index (χ1n) is 6.22. The van der Waals surface area contributed by atoms with Gasteiger partial charge in [0.15, 0.2) is 5.13 Å². The van der Waals surface area contributed by atoms with Crippen molar-refractivity contribution in [2.24, 2.45) is 5.92 Å². The molecule has 16 heavy (non-hydrogen) atoms. The lowest BCUT2D eigenvalue weighted by atomic mass is 9.96. The predicted octanol–water partition coefficient (Wildman–Crippen LogP) is 4.06. The van der Waals surface area contributed by atoms with E-state index in [1.807, 2.05) is 0 Å². The molecule has 4 heteroatoms. The first-order valence-corrected chi connectivity index (χ1v) is 7.89. The Morgan fingerprint density at radius 1 is 1.25 bits per heavy atom. The first-order chi connectivity index (χ1) is 7.84. The monoisotopic (exact) mass is 300 g/mol. The molecule has 1 aromatic heterocycles. The highest BCUT2D eigenvalue weighted by molar-refractivity contribution is 9.10. The molecular formula is C12H17BrN2S. The minimum atomic E-state index is 0.778. The van der Waals surface area contributed by atoms with Crippen LogP contribution >= 0.6 is 27.3 Å². The van der Waals surface area contributed by atoms with Gasteiger partial charge in [-0.25, -0.2) is 4.98 Å². The molecule has 2 fully saturated rings. The topological polar surface area (TPSA) is 16.1 Å². The highest BCUT2D eigenvalue weighted by Gasteiger charge is 2.34. The standard InChI is InChI=1S/C12H17BrN2S/c13-11-8-16-12(14-11)15-7-3-6-10(15)9-4-1-2-5-9/h8-10H,1-7H2. The quantitative estimate of drug-likeness (QED) is 0.819. The van der Waals surface area contributed by atoms with Gasteiger partial charge in [-0.05, 0) is 47.5 Å². The lowest BCUT2D eigenvalue weighted by Crippen LogP contribution is -2.34. The van der Waals surface area contributed by atoms with E-state index in [4.69, 9.17) is 0 Å². The van der Waals surface area contributed by atoms with Gasteiger partial charge in [-0.2, -0.15) is 0 Å². The van der Waals surface area contributed by atoms with Crippen LogP contribution in [-0.4, -0.2) is 17.6 Å². The lowest BCUT2D eigenvalue weighted by Gasteiger charge is -2.28. The SMILES string of the molecule is Brc1csc(N2CCCC2C2CCCC2)n1. The molecule has 2 aliphatic rings. The van der Waals surface area contributed by atoms with Crippen LogP contribution in [0.15, 0.2) is 9.98 Å². The largest absolute Gasteiger partial charge is 0.345 e. The molecule has 2 heterocycles. The van der Waals surface area contributed by atoms with Gasteiger partial charge in [-0.3, -0.25) is 0 Å². The molecule has 2 nitrogen and oxygen atoms in total. The van der Waals surface area contributed by atoms with E-state index in [1.165, 1.54) is 50.2 Å². The Hall–Kier alpha value is -0.0900.